The Morgan fingerprint density at radius 3 is 1.67 bits per heavy atom. The van der Waals surface area contributed by atoms with Crippen molar-refractivity contribution in [3.8, 4) is 0 Å². The first-order valence-electron chi connectivity index (χ1n) is 2.77. The molecule has 6 N–H and O–H groups in total. The van der Waals surface area contributed by atoms with Crippen molar-refractivity contribution in [3.05, 3.63) is 0 Å². The lowest BCUT2D eigenvalue weighted by molar-refractivity contribution is 0.828. The van der Waals surface area contributed by atoms with Gasteiger partial charge in [-0.2, -0.15) is 0 Å². The van der Waals surface area contributed by atoms with Crippen LogP contribution < -0.4 is 11.5 Å². The van der Waals surface area contributed by atoms with E-state index in [9.17, 15) is 0 Å². The van der Waals surface area contributed by atoms with Crippen molar-refractivity contribution in [2.24, 2.45) is 17.4 Å². The van der Waals surface area contributed by atoms with Gasteiger partial charge in [-0.05, 0) is 6.42 Å². The van der Waals surface area contributed by atoms with Crippen LogP contribution in [0.2, 0.25) is 0 Å². The highest BCUT2D eigenvalue weighted by molar-refractivity contribution is 6.01. The zero-order valence-electron chi connectivity index (χ0n) is 5.44. The standard InChI is InChI=1S/C5H12N4/c1-2-3(4(6)7)5(8)9/h3H,2H2,1H3,(H3,6,7)(H3,8,9). The molecule has 0 aliphatic carbocycles. The molecule has 0 unspecified atom stereocenters. The van der Waals surface area contributed by atoms with Crippen molar-refractivity contribution in [3.63, 3.8) is 0 Å². The Balaban J connectivity index is 3.99. The summed E-state index contributed by atoms with van der Waals surface area (Å²) in [5.74, 6) is -0.403. The summed E-state index contributed by atoms with van der Waals surface area (Å²) in [4.78, 5) is 0. The fourth-order valence-electron chi connectivity index (χ4n) is 0.607. The minimum atomic E-state index is -0.356. The van der Waals surface area contributed by atoms with Crippen LogP contribution in [0.25, 0.3) is 0 Å². The molecule has 4 heteroatoms. The van der Waals surface area contributed by atoms with Gasteiger partial charge in [0.15, 0.2) is 0 Å². The van der Waals surface area contributed by atoms with Crippen molar-refractivity contribution in [1.82, 2.24) is 0 Å². The average Bonchev–Trinajstić information content (AvgIpc) is 1.64. The molecular weight excluding hydrogens is 116 g/mol. The maximum Gasteiger partial charge on any atom is 0.101 e. The highest BCUT2D eigenvalue weighted by Crippen LogP contribution is 1.98. The third-order valence-electron chi connectivity index (χ3n) is 1.16. The summed E-state index contributed by atoms with van der Waals surface area (Å²) in [6.07, 6.45) is 0.630. The molecule has 0 amide bonds. The van der Waals surface area contributed by atoms with Crippen LogP contribution in [0.4, 0.5) is 0 Å². The van der Waals surface area contributed by atoms with E-state index in [2.05, 4.69) is 0 Å². The maximum atomic E-state index is 6.94. The summed E-state index contributed by atoms with van der Waals surface area (Å²) in [6, 6.07) is 0. The van der Waals surface area contributed by atoms with Crippen molar-refractivity contribution in [1.29, 1.82) is 10.8 Å². The van der Waals surface area contributed by atoms with Gasteiger partial charge in [-0.1, -0.05) is 6.92 Å². The second kappa shape index (κ2) is 3.06. The monoisotopic (exact) mass is 128 g/mol. The Bertz CT molecular complexity index is 115. The van der Waals surface area contributed by atoms with E-state index in [0.717, 1.165) is 0 Å². The van der Waals surface area contributed by atoms with Crippen LogP contribution in [0.15, 0.2) is 0 Å². The van der Waals surface area contributed by atoms with E-state index in [0.29, 0.717) is 6.42 Å². The van der Waals surface area contributed by atoms with E-state index >= 15 is 0 Å². The number of nitrogens with two attached hydrogens (primary N) is 2. The molecule has 0 fully saturated rings. The molecule has 0 saturated carbocycles. The van der Waals surface area contributed by atoms with Crippen molar-refractivity contribution in [2.45, 2.75) is 13.3 Å². The normalized spacial score (nSPS) is 12.6. The summed E-state index contributed by atoms with van der Waals surface area (Å²) < 4.78 is 0. The van der Waals surface area contributed by atoms with Gasteiger partial charge < -0.3 is 11.5 Å². The third-order valence-corrected chi connectivity index (χ3v) is 1.16. The molecule has 0 saturated heterocycles. The minimum Gasteiger partial charge on any atom is -0.387 e. The molecular formula is C5H12N4. The summed E-state index contributed by atoms with van der Waals surface area (Å²) in [5, 5.41) is 13.9. The zero-order valence-corrected chi connectivity index (χ0v) is 5.44. The lowest BCUT2D eigenvalue weighted by atomic mass is 10.1. The molecule has 0 aliphatic rings. The quantitative estimate of drug-likeness (QED) is 0.315. The molecule has 9 heavy (non-hydrogen) atoms. The fraction of sp³-hybridized carbons (Fsp3) is 0.600. The van der Waals surface area contributed by atoms with E-state index in [1.165, 1.54) is 0 Å². The van der Waals surface area contributed by atoms with Gasteiger partial charge in [0.2, 0.25) is 0 Å². The molecule has 0 atom stereocenters. The van der Waals surface area contributed by atoms with Gasteiger partial charge in [-0.15, -0.1) is 0 Å². The summed E-state index contributed by atoms with van der Waals surface area (Å²) >= 11 is 0. The fourth-order valence-corrected chi connectivity index (χ4v) is 0.607. The van der Waals surface area contributed by atoms with Gasteiger partial charge in [0, 0.05) is 0 Å². The van der Waals surface area contributed by atoms with Gasteiger partial charge in [-0.25, -0.2) is 0 Å². The van der Waals surface area contributed by atoms with Crippen LogP contribution in [0.5, 0.6) is 0 Å². The predicted octanol–water partition coefficient (Wildman–Crippen LogP) is -0.115. The second-order valence-corrected chi connectivity index (χ2v) is 1.87. The maximum absolute atomic E-state index is 6.94. The average molecular weight is 128 g/mol. The van der Waals surface area contributed by atoms with E-state index in [1.807, 2.05) is 6.92 Å². The number of nitrogens with one attached hydrogen (secondary N) is 2. The molecule has 4 nitrogen and oxygen atoms in total. The van der Waals surface area contributed by atoms with Gasteiger partial charge >= 0.3 is 0 Å². The lowest BCUT2D eigenvalue weighted by Gasteiger charge is -2.08. The molecule has 0 aromatic heterocycles. The summed E-state index contributed by atoms with van der Waals surface area (Å²) in [6.45, 7) is 1.84. The molecule has 0 heterocycles. The molecule has 0 radical (unpaired) electrons. The van der Waals surface area contributed by atoms with Crippen LogP contribution in [0, 0.1) is 16.7 Å². The number of rotatable bonds is 3. The van der Waals surface area contributed by atoms with Gasteiger partial charge in [-0.3, -0.25) is 10.8 Å². The van der Waals surface area contributed by atoms with Crippen molar-refractivity contribution < 1.29 is 0 Å². The van der Waals surface area contributed by atoms with Crippen molar-refractivity contribution >= 4 is 11.7 Å². The van der Waals surface area contributed by atoms with E-state index in [-0.39, 0.29) is 17.6 Å². The molecule has 0 aromatic carbocycles. The Hall–Kier alpha value is -1.06. The molecule has 0 bridgehead atoms. The van der Waals surface area contributed by atoms with E-state index in [4.69, 9.17) is 22.3 Å². The third kappa shape index (κ3) is 2.12. The van der Waals surface area contributed by atoms with Crippen molar-refractivity contribution in [2.75, 3.05) is 0 Å². The lowest BCUT2D eigenvalue weighted by Crippen LogP contribution is -2.33. The van der Waals surface area contributed by atoms with Gasteiger partial charge in [0.05, 0.1) is 5.92 Å². The van der Waals surface area contributed by atoms with Crippen LogP contribution in [0.1, 0.15) is 13.3 Å². The first kappa shape index (κ1) is 7.94. The van der Waals surface area contributed by atoms with Crippen LogP contribution >= 0.6 is 0 Å². The van der Waals surface area contributed by atoms with Crippen LogP contribution in [-0.2, 0) is 0 Å². The summed E-state index contributed by atoms with van der Waals surface area (Å²) in [7, 11) is 0. The zero-order chi connectivity index (χ0) is 7.44. The molecule has 52 valence electrons. The first-order chi connectivity index (χ1) is 4.09. The second-order valence-electron chi connectivity index (χ2n) is 1.87. The van der Waals surface area contributed by atoms with Crippen LogP contribution in [-0.4, -0.2) is 11.7 Å². The Kier molecular flexibility index (Phi) is 2.70. The SMILES string of the molecule is CCC(C(=N)N)C(=N)N. The topological polar surface area (TPSA) is 99.7 Å². The van der Waals surface area contributed by atoms with E-state index in [1.54, 1.807) is 0 Å². The van der Waals surface area contributed by atoms with E-state index < -0.39 is 0 Å². The molecule has 0 aliphatic heterocycles. The highest BCUT2D eigenvalue weighted by Gasteiger charge is 2.11. The Labute approximate surface area is 54.2 Å². The number of hydrogen-bond donors (Lipinski definition) is 4. The first-order valence-corrected chi connectivity index (χ1v) is 2.77. The Morgan fingerprint density at radius 1 is 1.33 bits per heavy atom. The predicted molar refractivity (Wildman–Crippen MR) is 37.6 cm³/mol. The molecule has 0 spiro atoms. The Morgan fingerprint density at radius 2 is 1.67 bits per heavy atom. The number of amidine groups is 2. The summed E-state index contributed by atoms with van der Waals surface area (Å²) in [5.41, 5.74) is 10.2. The largest absolute Gasteiger partial charge is 0.387 e. The smallest absolute Gasteiger partial charge is 0.101 e. The van der Waals surface area contributed by atoms with Crippen LogP contribution in [0.3, 0.4) is 0 Å². The minimum absolute atomic E-state index is 0.0231. The number of hydrogen-bond acceptors (Lipinski definition) is 2. The van der Waals surface area contributed by atoms with Gasteiger partial charge in [0.25, 0.3) is 0 Å². The van der Waals surface area contributed by atoms with Gasteiger partial charge in [0.1, 0.15) is 11.7 Å². The molecule has 0 aromatic rings. The molecule has 0 rings (SSSR count). The highest BCUT2D eigenvalue weighted by atomic mass is 14.8.